The molecule has 7 nitrogen and oxygen atoms in total. The van der Waals surface area contributed by atoms with E-state index in [1.807, 2.05) is 58.0 Å². The van der Waals surface area contributed by atoms with E-state index in [0.29, 0.717) is 40.7 Å². The third-order valence-corrected chi connectivity index (χ3v) is 6.72. The largest absolute Gasteiger partial charge is 0.507 e. The minimum absolute atomic E-state index is 0.00786. The normalized spacial score (nSPS) is 16.9. The summed E-state index contributed by atoms with van der Waals surface area (Å²) < 4.78 is 16.7. The van der Waals surface area contributed by atoms with Gasteiger partial charge in [-0.05, 0) is 72.0 Å². The fourth-order valence-corrected chi connectivity index (χ4v) is 4.75. The molecule has 0 bridgehead atoms. The van der Waals surface area contributed by atoms with Crippen molar-refractivity contribution in [3.05, 3.63) is 89.0 Å². The average Bonchev–Trinajstić information content (AvgIpc) is 3.20. The maximum Gasteiger partial charge on any atom is 0.300 e. The first-order chi connectivity index (χ1) is 18.6. The molecular weight excluding hydrogens is 494 g/mol. The first-order valence-electron chi connectivity index (χ1n) is 13.0. The van der Waals surface area contributed by atoms with Gasteiger partial charge in [-0.2, -0.15) is 0 Å². The maximum atomic E-state index is 13.6. The van der Waals surface area contributed by atoms with Gasteiger partial charge in [0.2, 0.25) is 0 Å². The lowest BCUT2D eigenvalue weighted by Crippen LogP contribution is -2.29. The SMILES string of the molecule is CCCOc1cccc(C2/C(=C(\O)c3ccc(OC)c(C(C)(C)C)c3)C(=O)C(=O)N2c2ccc(OC)cc2)c1. The van der Waals surface area contributed by atoms with E-state index in [1.165, 1.54) is 4.90 Å². The van der Waals surface area contributed by atoms with E-state index in [2.05, 4.69) is 0 Å². The van der Waals surface area contributed by atoms with Gasteiger partial charge in [-0.25, -0.2) is 0 Å². The van der Waals surface area contributed by atoms with Gasteiger partial charge < -0.3 is 19.3 Å². The summed E-state index contributed by atoms with van der Waals surface area (Å²) in [6, 6.07) is 18.6. The molecule has 0 aromatic heterocycles. The van der Waals surface area contributed by atoms with Gasteiger partial charge in [0, 0.05) is 16.8 Å². The van der Waals surface area contributed by atoms with Crippen molar-refractivity contribution < 1.29 is 28.9 Å². The molecule has 39 heavy (non-hydrogen) atoms. The highest BCUT2D eigenvalue weighted by Gasteiger charge is 2.47. The van der Waals surface area contributed by atoms with Crippen LogP contribution in [-0.4, -0.2) is 37.6 Å². The van der Waals surface area contributed by atoms with Crippen molar-refractivity contribution >= 4 is 23.1 Å². The molecular formula is C32H35NO6. The molecule has 0 spiro atoms. The van der Waals surface area contributed by atoms with E-state index in [9.17, 15) is 14.7 Å². The number of rotatable bonds is 8. The molecule has 1 N–H and O–H groups in total. The standard InChI is InChI=1S/C32H35NO6/c1-7-17-39-24-10-8-9-20(18-24)28-27(29(34)21-11-16-26(38-6)25(19-21)32(2,3)4)30(35)31(36)33(28)22-12-14-23(37-5)15-13-22/h8-16,18-19,28,34H,7,17H2,1-6H3/b29-27+. The summed E-state index contributed by atoms with van der Waals surface area (Å²) in [5.74, 6) is 0.179. The van der Waals surface area contributed by atoms with Gasteiger partial charge >= 0.3 is 0 Å². The van der Waals surface area contributed by atoms with E-state index >= 15 is 0 Å². The van der Waals surface area contributed by atoms with Crippen molar-refractivity contribution in [3.8, 4) is 17.2 Å². The van der Waals surface area contributed by atoms with Crippen LogP contribution in [0.3, 0.4) is 0 Å². The molecule has 1 atom stereocenters. The number of carbonyl (C=O) groups excluding carboxylic acids is 2. The predicted molar refractivity (Wildman–Crippen MR) is 152 cm³/mol. The number of anilines is 1. The summed E-state index contributed by atoms with van der Waals surface area (Å²) in [6.07, 6.45) is 0.835. The molecule has 1 heterocycles. The van der Waals surface area contributed by atoms with Crippen LogP contribution in [0.4, 0.5) is 5.69 Å². The van der Waals surface area contributed by atoms with Crippen molar-refractivity contribution in [2.75, 3.05) is 25.7 Å². The number of ketones is 1. The Hall–Kier alpha value is -4.26. The summed E-state index contributed by atoms with van der Waals surface area (Å²) >= 11 is 0. The molecule has 204 valence electrons. The lowest BCUT2D eigenvalue weighted by atomic mass is 9.84. The fraction of sp³-hybridized carbons (Fsp3) is 0.312. The van der Waals surface area contributed by atoms with E-state index in [4.69, 9.17) is 14.2 Å². The van der Waals surface area contributed by atoms with Crippen LogP contribution in [0, 0.1) is 0 Å². The second-order valence-electron chi connectivity index (χ2n) is 10.5. The number of Topliss-reactive ketones (excluding diaryl/α,β-unsaturated/α-hetero) is 1. The summed E-state index contributed by atoms with van der Waals surface area (Å²) in [4.78, 5) is 28.5. The highest BCUT2D eigenvalue weighted by molar-refractivity contribution is 6.51. The Morgan fingerprint density at radius 1 is 0.923 bits per heavy atom. The zero-order valence-corrected chi connectivity index (χ0v) is 23.3. The number of ether oxygens (including phenoxy) is 3. The zero-order valence-electron chi connectivity index (χ0n) is 23.3. The molecule has 1 aliphatic heterocycles. The second-order valence-corrected chi connectivity index (χ2v) is 10.5. The van der Waals surface area contributed by atoms with Crippen LogP contribution in [0.1, 0.15) is 56.8 Å². The molecule has 0 aliphatic carbocycles. The fourth-order valence-electron chi connectivity index (χ4n) is 4.75. The molecule has 1 saturated heterocycles. The Morgan fingerprint density at radius 3 is 2.26 bits per heavy atom. The Labute approximate surface area is 229 Å². The van der Waals surface area contributed by atoms with Gasteiger partial charge in [0.1, 0.15) is 23.0 Å². The van der Waals surface area contributed by atoms with Gasteiger partial charge in [0.15, 0.2) is 0 Å². The Morgan fingerprint density at radius 2 is 1.64 bits per heavy atom. The number of benzene rings is 3. The smallest absolute Gasteiger partial charge is 0.300 e. The van der Waals surface area contributed by atoms with Crippen LogP contribution in [0.5, 0.6) is 17.2 Å². The molecule has 1 amide bonds. The molecule has 0 saturated carbocycles. The van der Waals surface area contributed by atoms with Crippen molar-refractivity contribution in [1.29, 1.82) is 0 Å². The predicted octanol–water partition coefficient (Wildman–Crippen LogP) is 6.42. The van der Waals surface area contributed by atoms with Crippen LogP contribution in [0.25, 0.3) is 5.76 Å². The number of amides is 1. The van der Waals surface area contributed by atoms with Gasteiger partial charge in [-0.15, -0.1) is 0 Å². The minimum atomic E-state index is -0.872. The molecule has 1 fully saturated rings. The first-order valence-corrected chi connectivity index (χ1v) is 13.0. The van der Waals surface area contributed by atoms with E-state index < -0.39 is 17.7 Å². The summed E-state index contributed by atoms with van der Waals surface area (Å²) in [7, 11) is 3.15. The van der Waals surface area contributed by atoms with Crippen molar-refractivity contribution in [2.45, 2.75) is 45.6 Å². The number of aliphatic hydroxyl groups excluding tert-OH is 1. The van der Waals surface area contributed by atoms with Gasteiger partial charge in [0.05, 0.1) is 32.4 Å². The number of methoxy groups -OCH3 is 2. The van der Waals surface area contributed by atoms with Crippen molar-refractivity contribution in [2.24, 2.45) is 0 Å². The monoisotopic (exact) mass is 529 g/mol. The van der Waals surface area contributed by atoms with Crippen molar-refractivity contribution in [3.63, 3.8) is 0 Å². The van der Waals surface area contributed by atoms with Crippen LogP contribution in [-0.2, 0) is 15.0 Å². The summed E-state index contributed by atoms with van der Waals surface area (Å²) in [5, 5.41) is 11.6. The molecule has 4 rings (SSSR count). The van der Waals surface area contributed by atoms with E-state index in [-0.39, 0.29) is 16.7 Å². The van der Waals surface area contributed by atoms with Crippen molar-refractivity contribution in [1.82, 2.24) is 0 Å². The number of nitrogens with zero attached hydrogens (tertiary/aromatic N) is 1. The van der Waals surface area contributed by atoms with E-state index in [0.717, 1.165) is 12.0 Å². The number of hydrogen-bond donors (Lipinski definition) is 1. The van der Waals surface area contributed by atoms with Crippen LogP contribution in [0.15, 0.2) is 72.3 Å². The Bertz CT molecular complexity index is 1400. The Kier molecular flexibility index (Phi) is 8.00. The third-order valence-electron chi connectivity index (χ3n) is 6.72. The third kappa shape index (κ3) is 5.48. The highest BCUT2D eigenvalue weighted by Crippen LogP contribution is 2.44. The first kappa shape index (κ1) is 27.8. The number of carbonyl (C=O) groups is 2. The van der Waals surface area contributed by atoms with Crippen LogP contribution >= 0.6 is 0 Å². The average molecular weight is 530 g/mol. The molecule has 0 radical (unpaired) electrons. The minimum Gasteiger partial charge on any atom is -0.507 e. The molecule has 1 aliphatic rings. The van der Waals surface area contributed by atoms with E-state index in [1.54, 1.807) is 50.6 Å². The molecule has 3 aromatic carbocycles. The van der Waals surface area contributed by atoms with Crippen LogP contribution in [0.2, 0.25) is 0 Å². The van der Waals surface area contributed by atoms with Gasteiger partial charge in [-0.1, -0.05) is 39.8 Å². The summed E-state index contributed by atoms with van der Waals surface area (Å²) in [6.45, 7) is 8.67. The lowest BCUT2D eigenvalue weighted by molar-refractivity contribution is -0.132. The lowest BCUT2D eigenvalue weighted by Gasteiger charge is -2.26. The number of hydrogen-bond acceptors (Lipinski definition) is 6. The summed E-state index contributed by atoms with van der Waals surface area (Å²) in [5.41, 5.74) is 2.16. The van der Waals surface area contributed by atoms with Gasteiger partial charge in [-0.3, -0.25) is 14.5 Å². The quantitative estimate of drug-likeness (QED) is 0.206. The molecule has 3 aromatic rings. The second kappa shape index (κ2) is 11.2. The maximum absolute atomic E-state index is 13.6. The van der Waals surface area contributed by atoms with Gasteiger partial charge in [0.25, 0.3) is 11.7 Å². The highest BCUT2D eigenvalue weighted by atomic mass is 16.5. The van der Waals surface area contributed by atoms with Crippen LogP contribution < -0.4 is 19.1 Å². The zero-order chi connectivity index (χ0) is 28.3. The molecule has 7 heteroatoms. The molecule has 1 unspecified atom stereocenters. The topological polar surface area (TPSA) is 85.3 Å². The Balaban J connectivity index is 1.93. The number of aliphatic hydroxyl groups is 1.